The minimum atomic E-state index is -1.52. The van der Waals surface area contributed by atoms with Gasteiger partial charge in [-0.2, -0.15) is 0 Å². The predicted octanol–water partition coefficient (Wildman–Crippen LogP) is 3.72. The van der Waals surface area contributed by atoms with Crippen LogP contribution in [0.5, 0.6) is 5.75 Å². The van der Waals surface area contributed by atoms with Gasteiger partial charge in [0.2, 0.25) is 6.86 Å². The van der Waals surface area contributed by atoms with Gasteiger partial charge in [-0.1, -0.05) is 23.2 Å². The first-order valence-electron chi connectivity index (χ1n) is 3.20. The summed E-state index contributed by atoms with van der Waals surface area (Å²) in [5.74, 6) is -5.63. The van der Waals surface area contributed by atoms with Crippen molar-refractivity contribution in [1.82, 2.24) is 0 Å². The van der Waals surface area contributed by atoms with E-state index in [9.17, 15) is 17.6 Å². The van der Waals surface area contributed by atoms with Gasteiger partial charge in [0.1, 0.15) is 10.0 Å². The van der Waals surface area contributed by atoms with E-state index in [1.54, 1.807) is 0 Å². The molecule has 0 radical (unpaired) electrons. The Labute approximate surface area is 86.2 Å². The van der Waals surface area contributed by atoms with Crippen LogP contribution in [-0.4, -0.2) is 6.86 Å². The van der Waals surface area contributed by atoms with Crippen molar-refractivity contribution in [3.05, 3.63) is 27.5 Å². The van der Waals surface area contributed by atoms with Crippen LogP contribution < -0.4 is 4.74 Å². The van der Waals surface area contributed by atoms with E-state index in [0.717, 1.165) is 0 Å². The lowest BCUT2D eigenvalue weighted by molar-refractivity contribution is 0.176. The summed E-state index contributed by atoms with van der Waals surface area (Å²) in [7, 11) is 0. The molecule has 0 heterocycles. The van der Waals surface area contributed by atoms with Crippen molar-refractivity contribution in [2.45, 2.75) is 0 Å². The molecule has 7 heteroatoms. The van der Waals surface area contributed by atoms with E-state index in [1.165, 1.54) is 0 Å². The van der Waals surface area contributed by atoms with Gasteiger partial charge >= 0.3 is 0 Å². The quantitative estimate of drug-likeness (QED) is 0.441. The molecule has 14 heavy (non-hydrogen) atoms. The number of benzene rings is 1. The lowest BCUT2D eigenvalue weighted by Crippen LogP contribution is -2.00. The van der Waals surface area contributed by atoms with Crippen molar-refractivity contribution < 1.29 is 22.3 Å². The molecule has 0 N–H and O–H groups in total. The van der Waals surface area contributed by atoms with E-state index in [1.807, 2.05) is 0 Å². The molecule has 0 aliphatic carbocycles. The number of hydrogen-bond donors (Lipinski definition) is 0. The fraction of sp³-hybridized carbons (Fsp3) is 0.143. The van der Waals surface area contributed by atoms with Gasteiger partial charge in [-0.25, -0.2) is 17.6 Å². The van der Waals surface area contributed by atoms with Crippen LogP contribution in [0.2, 0.25) is 10.0 Å². The van der Waals surface area contributed by atoms with Gasteiger partial charge in [-0.05, 0) is 0 Å². The lowest BCUT2D eigenvalue weighted by atomic mass is 10.3. The summed E-state index contributed by atoms with van der Waals surface area (Å²) in [5.41, 5.74) is 0. The van der Waals surface area contributed by atoms with Crippen LogP contribution in [0.25, 0.3) is 0 Å². The maximum Gasteiger partial charge on any atom is 0.228 e. The Morgan fingerprint density at radius 3 is 1.71 bits per heavy atom. The Balaban J connectivity index is 3.43. The van der Waals surface area contributed by atoms with Gasteiger partial charge in [-0.3, -0.25) is 0 Å². The molecule has 0 spiro atoms. The zero-order valence-corrected chi connectivity index (χ0v) is 7.89. The summed E-state index contributed by atoms with van der Waals surface area (Å²) in [5, 5.41) is -2.08. The Hall–Kier alpha value is -0.680. The maximum atomic E-state index is 12.9. The zero-order valence-electron chi connectivity index (χ0n) is 6.38. The van der Waals surface area contributed by atoms with Crippen molar-refractivity contribution in [3.63, 3.8) is 0 Å². The van der Waals surface area contributed by atoms with Gasteiger partial charge in [0.05, 0.1) is 0 Å². The van der Waals surface area contributed by atoms with Crippen LogP contribution in [0.3, 0.4) is 0 Å². The molecule has 0 aliphatic rings. The fourth-order valence-corrected chi connectivity index (χ4v) is 1.18. The molecule has 0 aromatic heterocycles. The fourth-order valence-electron chi connectivity index (χ4n) is 0.766. The summed E-state index contributed by atoms with van der Waals surface area (Å²) in [6.45, 7) is -1.48. The van der Waals surface area contributed by atoms with Gasteiger partial charge < -0.3 is 4.74 Å². The number of hydrogen-bond acceptors (Lipinski definition) is 1. The SMILES string of the molecule is FCOc1c(F)c(Cl)c(F)c(Cl)c1F. The molecule has 0 unspecified atom stereocenters. The Morgan fingerprint density at radius 2 is 1.36 bits per heavy atom. The van der Waals surface area contributed by atoms with Crippen LogP contribution >= 0.6 is 23.2 Å². The number of ether oxygens (including phenoxy) is 1. The average Bonchev–Trinajstić information content (AvgIpc) is 2.19. The van der Waals surface area contributed by atoms with E-state index in [-0.39, 0.29) is 0 Å². The Bertz CT molecular complexity index is 340. The van der Waals surface area contributed by atoms with Gasteiger partial charge in [0.15, 0.2) is 23.2 Å². The standard InChI is InChI=1S/C7H2Cl2F4O/c8-2-4(11)3(9)6(13)7(5(2)12)14-1-10/h1H2. The molecule has 0 bridgehead atoms. The normalized spacial score (nSPS) is 10.4. The molecule has 1 aromatic carbocycles. The summed E-state index contributed by atoms with van der Waals surface area (Å²) < 4.78 is 54.2. The molecule has 78 valence electrons. The van der Waals surface area contributed by atoms with E-state index < -0.39 is 40.1 Å². The molecule has 0 fully saturated rings. The second-order valence-electron chi connectivity index (χ2n) is 2.15. The largest absolute Gasteiger partial charge is 0.457 e. The van der Waals surface area contributed by atoms with Crippen molar-refractivity contribution in [2.24, 2.45) is 0 Å². The monoisotopic (exact) mass is 248 g/mol. The van der Waals surface area contributed by atoms with Crippen LogP contribution in [0.1, 0.15) is 0 Å². The minimum absolute atomic E-state index is 1.04. The number of halogens is 6. The van der Waals surface area contributed by atoms with Gasteiger partial charge in [-0.15, -0.1) is 0 Å². The van der Waals surface area contributed by atoms with Crippen molar-refractivity contribution in [2.75, 3.05) is 6.86 Å². The summed E-state index contributed by atoms with van der Waals surface area (Å²) in [6.07, 6.45) is 0. The van der Waals surface area contributed by atoms with E-state index >= 15 is 0 Å². The van der Waals surface area contributed by atoms with Crippen LogP contribution in [0, 0.1) is 17.5 Å². The van der Waals surface area contributed by atoms with Crippen molar-refractivity contribution in [3.8, 4) is 5.75 Å². The first-order valence-corrected chi connectivity index (χ1v) is 3.96. The second-order valence-corrected chi connectivity index (χ2v) is 2.91. The molecule has 1 nitrogen and oxygen atoms in total. The third-order valence-electron chi connectivity index (χ3n) is 1.37. The smallest absolute Gasteiger partial charge is 0.228 e. The molecular weight excluding hydrogens is 247 g/mol. The van der Waals surface area contributed by atoms with Gasteiger partial charge in [0, 0.05) is 0 Å². The van der Waals surface area contributed by atoms with Crippen LogP contribution in [-0.2, 0) is 0 Å². The third-order valence-corrected chi connectivity index (χ3v) is 2.03. The topological polar surface area (TPSA) is 9.23 Å². The molecule has 1 aromatic rings. The minimum Gasteiger partial charge on any atom is -0.457 e. The molecule has 0 saturated carbocycles. The van der Waals surface area contributed by atoms with E-state index in [4.69, 9.17) is 23.2 Å². The van der Waals surface area contributed by atoms with Crippen molar-refractivity contribution >= 4 is 23.2 Å². The highest BCUT2D eigenvalue weighted by Gasteiger charge is 2.24. The van der Waals surface area contributed by atoms with Crippen LogP contribution in [0.4, 0.5) is 17.6 Å². The van der Waals surface area contributed by atoms with E-state index in [0.29, 0.717) is 0 Å². The predicted molar refractivity (Wildman–Crippen MR) is 42.9 cm³/mol. The summed E-state index contributed by atoms with van der Waals surface area (Å²) >= 11 is 10.2. The zero-order chi connectivity index (χ0) is 10.9. The highest BCUT2D eigenvalue weighted by molar-refractivity contribution is 6.35. The molecular formula is C7H2Cl2F4O. The van der Waals surface area contributed by atoms with E-state index in [2.05, 4.69) is 4.74 Å². The number of rotatable bonds is 2. The lowest BCUT2D eigenvalue weighted by Gasteiger charge is -2.08. The van der Waals surface area contributed by atoms with Crippen LogP contribution in [0.15, 0.2) is 0 Å². The highest BCUT2D eigenvalue weighted by atomic mass is 35.5. The first kappa shape index (κ1) is 11.4. The van der Waals surface area contributed by atoms with Gasteiger partial charge in [0.25, 0.3) is 0 Å². The molecule has 0 atom stereocenters. The summed E-state index contributed by atoms with van der Waals surface area (Å²) in [6, 6.07) is 0. The maximum absolute atomic E-state index is 12.9. The highest BCUT2D eigenvalue weighted by Crippen LogP contribution is 2.36. The average molecular weight is 249 g/mol. The molecule has 1 rings (SSSR count). The van der Waals surface area contributed by atoms with Crippen molar-refractivity contribution in [1.29, 1.82) is 0 Å². The molecule has 0 saturated heterocycles. The second kappa shape index (κ2) is 4.23. The Morgan fingerprint density at radius 1 is 0.929 bits per heavy atom. The Kier molecular flexibility index (Phi) is 3.44. The molecule has 0 amide bonds. The molecule has 0 aliphatic heterocycles. The summed E-state index contributed by atoms with van der Waals surface area (Å²) in [4.78, 5) is 0. The number of alkyl halides is 1. The third kappa shape index (κ3) is 1.74. The first-order chi connectivity index (χ1) is 6.50.